The van der Waals surface area contributed by atoms with E-state index in [0.717, 1.165) is 0 Å². The number of benzene rings is 2. The lowest BCUT2D eigenvalue weighted by molar-refractivity contribution is 0.355. The summed E-state index contributed by atoms with van der Waals surface area (Å²) in [5.74, 6) is 3.44. The molecule has 142 valence electrons. The van der Waals surface area contributed by atoms with Crippen molar-refractivity contribution in [2.45, 2.75) is 0 Å². The Labute approximate surface area is 163 Å². The van der Waals surface area contributed by atoms with E-state index in [-0.39, 0.29) is 0 Å². The molecule has 28 heavy (non-hydrogen) atoms. The van der Waals surface area contributed by atoms with Crippen molar-refractivity contribution < 1.29 is 18.9 Å². The molecule has 0 bridgehead atoms. The molecule has 6 heteroatoms. The van der Waals surface area contributed by atoms with Crippen LogP contribution in [0.5, 0.6) is 28.9 Å². The molecular formula is C22H20N2O4. The first-order valence-electron chi connectivity index (χ1n) is 8.46. The van der Waals surface area contributed by atoms with Crippen LogP contribution in [-0.4, -0.2) is 24.2 Å². The fraction of sp³-hybridized carbons (Fsp3) is 0.0909. The Morgan fingerprint density at radius 1 is 0.929 bits per heavy atom. The molecule has 0 spiro atoms. The van der Waals surface area contributed by atoms with Gasteiger partial charge in [-0.15, -0.1) is 0 Å². The van der Waals surface area contributed by atoms with E-state index < -0.39 is 0 Å². The maximum atomic E-state index is 5.94. The van der Waals surface area contributed by atoms with Crippen molar-refractivity contribution in [3.05, 3.63) is 79.9 Å². The van der Waals surface area contributed by atoms with Crippen molar-refractivity contribution in [2.24, 2.45) is 0 Å². The van der Waals surface area contributed by atoms with E-state index in [1.165, 1.54) is 6.33 Å². The Hall–Kier alpha value is -3.80. The van der Waals surface area contributed by atoms with Crippen LogP contribution in [0.25, 0.3) is 10.9 Å². The number of hydrogen-bond acceptors (Lipinski definition) is 6. The predicted molar refractivity (Wildman–Crippen MR) is 108 cm³/mol. The minimum Gasteiger partial charge on any atom is -0.493 e. The standard InChI is InChI=1S/C22H20N2O4/c1-5-7-15(6-2)27-16-8-10-17(11-9-16)28-22-18-12-20(25-3)21(26-4)13-19(18)23-14-24-22/h5-14H,1-2H2,3-4H3/b15-7+. The van der Waals surface area contributed by atoms with Crippen LogP contribution in [0.3, 0.4) is 0 Å². The highest BCUT2D eigenvalue weighted by molar-refractivity contribution is 5.87. The minimum atomic E-state index is 0.415. The number of fused-ring (bicyclic) bond motifs is 1. The average Bonchev–Trinajstić information content (AvgIpc) is 2.74. The van der Waals surface area contributed by atoms with Crippen LogP contribution in [0.1, 0.15) is 0 Å². The van der Waals surface area contributed by atoms with Crippen LogP contribution in [0.4, 0.5) is 0 Å². The van der Waals surface area contributed by atoms with Gasteiger partial charge in [0.25, 0.3) is 0 Å². The van der Waals surface area contributed by atoms with Gasteiger partial charge in [0.1, 0.15) is 23.6 Å². The number of allylic oxidation sites excluding steroid dienone is 3. The predicted octanol–water partition coefficient (Wildman–Crippen LogP) is 5.07. The fourth-order valence-corrected chi connectivity index (χ4v) is 2.52. The number of aromatic nitrogens is 2. The third-order valence-corrected chi connectivity index (χ3v) is 3.86. The van der Waals surface area contributed by atoms with E-state index in [1.807, 2.05) is 0 Å². The van der Waals surface area contributed by atoms with Gasteiger partial charge in [0.15, 0.2) is 11.5 Å². The van der Waals surface area contributed by atoms with Gasteiger partial charge in [0.2, 0.25) is 5.88 Å². The summed E-state index contributed by atoms with van der Waals surface area (Å²) in [6.07, 6.45) is 6.42. The summed E-state index contributed by atoms with van der Waals surface area (Å²) in [5, 5.41) is 0.711. The van der Waals surface area contributed by atoms with Gasteiger partial charge >= 0.3 is 0 Å². The molecule has 3 aromatic rings. The number of hydrogen-bond donors (Lipinski definition) is 0. The summed E-state index contributed by atoms with van der Waals surface area (Å²) in [4.78, 5) is 8.52. The first-order valence-corrected chi connectivity index (χ1v) is 8.46. The lowest BCUT2D eigenvalue weighted by Crippen LogP contribution is -1.95. The van der Waals surface area contributed by atoms with Crippen molar-refractivity contribution in [1.82, 2.24) is 9.97 Å². The van der Waals surface area contributed by atoms with Crippen molar-refractivity contribution in [1.29, 1.82) is 0 Å². The molecule has 0 aliphatic carbocycles. The number of ether oxygens (including phenoxy) is 4. The minimum absolute atomic E-state index is 0.415. The van der Waals surface area contributed by atoms with Gasteiger partial charge in [-0.3, -0.25) is 0 Å². The summed E-state index contributed by atoms with van der Waals surface area (Å²) in [5.41, 5.74) is 0.688. The molecule has 0 fully saturated rings. The van der Waals surface area contributed by atoms with Gasteiger partial charge < -0.3 is 18.9 Å². The number of methoxy groups -OCH3 is 2. The normalized spacial score (nSPS) is 11.0. The number of nitrogens with zero attached hydrogens (tertiary/aromatic N) is 2. The van der Waals surface area contributed by atoms with E-state index in [4.69, 9.17) is 18.9 Å². The highest BCUT2D eigenvalue weighted by atomic mass is 16.5. The Bertz CT molecular complexity index is 1030. The average molecular weight is 376 g/mol. The van der Waals surface area contributed by atoms with Crippen LogP contribution in [0, 0.1) is 0 Å². The molecule has 0 aliphatic heterocycles. The van der Waals surface area contributed by atoms with Gasteiger partial charge in [-0.05, 0) is 42.5 Å². The maximum Gasteiger partial charge on any atom is 0.230 e. The van der Waals surface area contributed by atoms with Gasteiger partial charge in [-0.2, -0.15) is 0 Å². The zero-order chi connectivity index (χ0) is 19.9. The molecule has 6 nitrogen and oxygen atoms in total. The summed E-state index contributed by atoms with van der Waals surface area (Å²) >= 11 is 0. The molecule has 2 aromatic carbocycles. The molecule has 0 aliphatic rings. The van der Waals surface area contributed by atoms with Crippen molar-refractivity contribution in [3.8, 4) is 28.9 Å². The second-order valence-corrected chi connectivity index (χ2v) is 5.59. The van der Waals surface area contributed by atoms with Crippen LogP contribution < -0.4 is 18.9 Å². The fourth-order valence-electron chi connectivity index (χ4n) is 2.52. The summed E-state index contributed by atoms with van der Waals surface area (Å²) < 4.78 is 22.3. The monoisotopic (exact) mass is 376 g/mol. The molecule has 1 heterocycles. The lowest BCUT2D eigenvalue weighted by atomic mass is 10.2. The number of rotatable bonds is 8. The summed E-state index contributed by atoms with van der Waals surface area (Å²) in [7, 11) is 3.15. The summed E-state index contributed by atoms with van der Waals surface area (Å²) in [6, 6.07) is 10.7. The highest BCUT2D eigenvalue weighted by Crippen LogP contribution is 2.36. The van der Waals surface area contributed by atoms with Crippen LogP contribution in [-0.2, 0) is 0 Å². The van der Waals surface area contributed by atoms with Gasteiger partial charge in [-0.25, -0.2) is 9.97 Å². The van der Waals surface area contributed by atoms with Crippen molar-refractivity contribution >= 4 is 10.9 Å². The smallest absolute Gasteiger partial charge is 0.230 e. The Kier molecular flexibility index (Phi) is 5.91. The molecule has 0 N–H and O–H groups in total. The van der Waals surface area contributed by atoms with E-state index >= 15 is 0 Å². The third kappa shape index (κ3) is 4.12. The second kappa shape index (κ2) is 8.73. The molecule has 0 radical (unpaired) electrons. The second-order valence-electron chi connectivity index (χ2n) is 5.59. The quantitative estimate of drug-likeness (QED) is 0.404. The molecule has 0 saturated heterocycles. The van der Waals surface area contributed by atoms with Gasteiger partial charge in [0, 0.05) is 6.07 Å². The van der Waals surface area contributed by atoms with Crippen molar-refractivity contribution in [3.63, 3.8) is 0 Å². The van der Waals surface area contributed by atoms with Crippen LogP contribution >= 0.6 is 0 Å². The Balaban J connectivity index is 1.87. The van der Waals surface area contributed by atoms with E-state index in [9.17, 15) is 0 Å². The Morgan fingerprint density at radius 2 is 1.61 bits per heavy atom. The van der Waals surface area contributed by atoms with Gasteiger partial charge in [-0.1, -0.05) is 19.2 Å². The molecule has 0 amide bonds. The van der Waals surface area contributed by atoms with Gasteiger partial charge in [0.05, 0.1) is 25.1 Å². The SMILES string of the molecule is C=C/C=C(\C=C)Oc1ccc(Oc2ncnc3cc(OC)c(OC)cc23)cc1. The Morgan fingerprint density at radius 3 is 2.25 bits per heavy atom. The molecule has 0 saturated carbocycles. The maximum absolute atomic E-state index is 5.94. The van der Waals surface area contributed by atoms with E-state index in [1.54, 1.807) is 68.8 Å². The van der Waals surface area contributed by atoms with E-state index in [0.29, 0.717) is 45.5 Å². The largest absolute Gasteiger partial charge is 0.493 e. The molecular weight excluding hydrogens is 356 g/mol. The highest BCUT2D eigenvalue weighted by Gasteiger charge is 2.12. The lowest BCUT2D eigenvalue weighted by Gasteiger charge is -2.12. The zero-order valence-electron chi connectivity index (χ0n) is 15.7. The summed E-state index contributed by atoms with van der Waals surface area (Å²) in [6.45, 7) is 7.35. The third-order valence-electron chi connectivity index (χ3n) is 3.86. The van der Waals surface area contributed by atoms with E-state index in [2.05, 4.69) is 23.1 Å². The van der Waals surface area contributed by atoms with Crippen LogP contribution in [0.15, 0.2) is 79.9 Å². The topological polar surface area (TPSA) is 62.7 Å². The zero-order valence-corrected chi connectivity index (χ0v) is 15.7. The first-order chi connectivity index (χ1) is 13.7. The molecule has 0 unspecified atom stereocenters. The van der Waals surface area contributed by atoms with Crippen LogP contribution in [0.2, 0.25) is 0 Å². The molecule has 1 aromatic heterocycles. The molecule has 3 rings (SSSR count). The first kappa shape index (κ1) is 19.0. The van der Waals surface area contributed by atoms with Crippen molar-refractivity contribution in [2.75, 3.05) is 14.2 Å². The molecule has 0 atom stereocenters.